The standard InChI is InChI=1S/C23H30N2O4/c1-2-18(26)12-7-4-8-13-19(23(22(24)27)14-9-15-28-23)21-25-16-20(29-21)17-10-5-3-6-11-17/h3,5-6,10-11,16,19H,2,4,7-9,12-15H2,1H3,(H2,24,27)/t19-,23?/m1/s1. The number of aromatic nitrogens is 1. The average molecular weight is 399 g/mol. The van der Waals surface area contributed by atoms with Crippen molar-refractivity contribution in [3.63, 3.8) is 0 Å². The summed E-state index contributed by atoms with van der Waals surface area (Å²) in [5.74, 6) is 0.655. The number of ketones is 1. The van der Waals surface area contributed by atoms with Gasteiger partial charge in [-0.1, -0.05) is 50.1 Å². The van der Waals surface area contributed by atoms with Crippen molar-refractivity contribution >= 4 is 11.7 Å². The van der Waals surface area contributed by atoms with Gasteiger partial charge in [0, 0.05) is 25.0 Å². The van der Waals surface area contributed by atoms with Crippen LogP contribution in [0, 0.1) is 0 Å². The number of carbonyl (C=O) groups is 2. The molecule has 2 N–H and O–H groups in total. The second kappa shape index (κ2) is 9.83. The Hall–Kier alpha value is -2.47. The Kier molecular flexibility index (Phi) is 7.20. The van der Waals surface area contributed by atoms with Crippen molar-refractivity contribution in [1.29, 1.82) is 0 Å². The molecule has 29 heavy (non-hydrogen) atoms. The quantitative estimate of drug-likeness (QED) is 0.566. The lowest BCUT2D eigenvalue weighted by atomic mass is 9.80. The largest absolute Gasteiger partial charge is 0.440 e. The molecule has 1 aromatic carbocycles. The highest BCUT2D eigenvalue weighted by molar-refractivity contribution is 5.85. The van der Waals surface area contributed by atoms with Gasteiger partial charge in [0.05, 0.1) is 12.1 Å². The normalized spacial score (nSPS) is 19.9. The van der Waals surface area contributed by atoms with Crippen molar-refractivity contribution in [3.05, 3.63) is 42.4 Å². The molecule has 0 aliphatic carbocycles. The number of hydrogen-bond donors (Lipinski definition) is 1. The molecule has 0 radical (unpaired) electrons. The number of hydrogen-bond acceptors (Lipinski definition) is 5. The fourth-order valence-corrected chi connectivity index (χ4v) is 4.07. The minimum atomic E-state index is -1.07. The van der Waals surface area contributed by atoms with E-state index in [2.05, 4.69) is 4.98 Å². The van der Waals surface area contributed by atoms with E-state index in [1.165, 1.54) is 0 Å². The lowest BCUT2D eigenvalue weighted by Crippen LogP contribution is -2.48. The van der Waals surface area contributed by atoms with Crippen molar-refractivity contribution in [2.24, 2.45) is 5.73 Å². The summed E-state index contributed by atoms with van der Waals surface area (Å²) >= 11 is 0. The maximum atomic E-state index is 12.4. The van der Waals surface area contributed by atoms with E-state index in [0.717, 1.165) is 31.2 Å². The highest BCUT2D eigenvalue weighted by Gasteiger charge is 2.50. The van der Waals surface area contributed by atoms with Gasteiger partial charge in [0.1, 0.15) is 5.78 Å². The molecule has 6 heteroatoms. The maximum Gasteiger partial charge on any atom is 0.250 e. The Labute approximate surface area is 171 Å². The third kappa shape index (κ3) is 4.93. The Balaban J connectivity index is 1.77. The minimum absolute atomic E-state index is 0.287. The Bertz CT molecular complexity index is 809. The summed E-state index contributed by atoms with van der Waals surface area (Å²) in [5, 5.41) is 0. The molecule has 1 aliphatic rings. The number of amides is 1. The maximum absolute atomic E-state index is 12.4. The smallest absolute Gasteiger partial charge is 0.250 e. The molecular formula is C23H30N2O4. The summed E-state index contributed by atoms with van der Waals surface area (Å²) < 4.78 is 12.0. The number of primary amides is 1. The molecule has 2 atom stereocenters. The van der Waals surface area contributed by atoms with Gasteiger partial charge in [0.15, 0.2) is 11.4 Å². The Morgan fingerprint density at radius 1 is 1.21 bits per heavy atom. The molecule has 1 aliphatic heterocycles. The topological polar surface area (TPSA) is 95.4 Å². The van der Waals surface area contributed by atoms with Crippen LogP contribution in [0.25, 0.3) is 11.3 Å². The SMILES string of the molecule is CCC(=O)CCCCC[C@H](c1ncc(-c2ccccc2)o1)C1(C(N)=O)CCCO1. The van der Waals surface area contributed by atoms with Crippen LogP contribution < -0.4 is 5.73 Å². The van der Waals surface area contributed by atoms with Gasteiger partial charge >= 0.3 is 0 Å². The summed E-state index contributed by atoms with van der Waals surface area (Å²) in [5.41, 5.74) is 5.66. The van der Waals surface area contributed by atoms with Crippen LogP contribution in [0.1, 0.15) is 70.1 Å². The first-order valence-electron chi connectivity index (χ1n) is 10.5. The number of Topliss-reactive ketones (excluding diaryl/α,β-unsaturated/α-hetero) is 1. The predicted octanol–water partition coefficient (Wildman–Crippen LogP) is 4.39. The summed E-state index contributed by atoms with van der Waals surface area (Å²) in [6, 6.07) is 9.75. The van der Waals surface area contributed by atoms with E-state index in [9.17, 15) is 9.59 Å². The van der Waals surface area contributed by atoms with E-state index >= 15 is 0 Å². The number of nitrogens with two attached hydrogens (primary N) is 1. The zero-order valence-electron chi connectivity index (χ0n) is 17.1. The van der Waals surface area contributed by atoms with Crippen LogP contribution in [0.3, 0.4) is 0 Å². The van der Waals surface area contributed by atoms with E-state index < -0.39 is 11.5 Å². The highest BCUT2D eigenvalue weighted by atomic mass is 16.5. The summed E-state index contributed by atoms with van der Waals surface area (Å²) in [7, 11) is 0. The number of nitrogens with zero attached hydrogens (tertiary/aromatic N) is 1. The van der Waals surface area contributed by atoms with Crippen molar-refractivity contribution in [3.8, 4) is 11.3 Å². The number of rotatable bonds is 11. The van der Waals surface area contributed by atoms with Crippen molar-refractivity contribution in [2.45, 2.75) is 69.8 Å². The van der Waals surface area contributed by atoms with Crippen molar-refractivity contribution in [2.75, 3.05) is 6.61 Å². The zero-order chi connectivity index (χ0) is 20.7. The first-order valence-corrected chi connectivity index (χ1v) is 10.5. The molecule has 0 bridgehead atoms. The third-order valence-corrected chi connectivity index (χ3v) is 5.75. The summed E-state index contributed by atoms with van der Waals surface area (Å²) in [6.07, 6.45) is 7.53. The Morgan fingerprint density at radius 3 is 2.66 bits per heavy atom. The van der Waals surface area contributed by atoms with Gasteiger partial charge in [-0.3, -0.25) is 9.59 Å². The van der Waals surface area contributed by atoms with Crippen LogP contribution in [0.15, 0.2) is 40.9 Å². The number of carbonyl (C=O) groups excluding carboxylic acids is 2. The fraction of sp³-hybridized carbons (Fsp3) is 0.522. The first kappa shape index (κ1) is 21.2. The second-order valence-corrected chi connectivity index (χ2v) is 7.68. The summed E-state index contributed by atoms with van der Waals surface area (Å²) in [4.78, 5) is 28.4. The Morgan fingerprint density at radius 2 is 2.00 bits per heavy atom. The molecule has 3 rings (SSSR count). The number of ether oxygens (including phenoxy) is 1. The molecule has 156 valence electrons. The number of benzene rings is 1. The highest BCUT2D eigenvalue weighted by Crippen LogP contribution is 2.43. The van der Waals surface area contributed by atoms with Gasteiger partial charge in [0.2, 0.25) is 5.89 Å². The lowest BCUT2D eigenvalue weighted by Gasteiger charge is -2.32. The molecule has 1 amide bonds. The average Bonchev–Trinajstić information content (AvgIpc) is 3.42. The van der Waals surface area contributed by atoms with Crippen LogP contribution in [0.2, 0.25) is 0 Å². The van der Waals surface area contributed by atoms with Crippen LogP contribution in [0.4, 0.5) is 0 Å². The van der Waals surface area contributed by atoms with E-state index in [4.69, 9.17) is 14.9 Å². The summed E-state index contributed by atoms with van der Waals surface area (Å²) in [6.45, 7) is 2.40. The van der Waals surface area contributed by atoms with E-state index in [1.54, 1.807) is 6.20 Å². The third-order valence-electron chi connectivity index (χ3n) is 5.75. The number of unbranched alkanes of at least 4 members (excludes halogenated alkanes) is 2. The molecule has 2 heterocycles. The molecule has 6 nitrogen and oxygen atoms in total. The first-order chi connectivity index (χ1) is 14.1. The van der Waals surface area contributed by atoms with Crippen LogP contribution in [-0.4, -0.2) is 28.9 Å². The van der Waals surface area contributed by atoms with Gasteiger partial charge in [-0.05, 0) is 25.7 Å². The van der Waals surface area contributed by atoms with Gasteiger partial charge in [0.25, 0.3) is 5.91 Å². The van der Waals surface area contributed by atoms with E-state index in [0.29, 0.717) is 43.9 Å². The monoisotopic (exact) mass is 398 g/mol. The molecule has 0 saturated carbocycles. The molecule has 1 unspecified atom stereocenters. The van der Waals surface area contributed by atoms with Gasteiger partial charge in [-0.25, -0.2) is 4.98 Å². The lowest BCUT2D eigenvalue weighted by molar-refractivity contribution is -0.141. The molecular weight excluding hydrogens is 368 g/mol. The fourth-order valence-electron chi connectivity index (χ4n) is 4.07. The predicted molar refractivity (Wildman–Crippen MR) is 110 cm³/mol. The van der Waals surface area contributed by atoms with E-state index in [-0.39, 0.29) is 11.7 Å². The van der Waals surface area contributed by atoms with Crippen LogP contribution >= 0.6 is 0 Å². The molecule has 1 aromatic heterocycles. The molecule has 1 saturated heterocycles. The van der Waals surface area contributed by atoms with Gasteiger partial charge < -0.3 is 14.9 Å². The molecule has 1 fully saturated rings. The van der Waals surface area contributed by atoms with Crippen LogP contribution in [-0.2, 0) is 14.3 Å². The molecule has 0 spiro atoms. The van der Waals surface area contributed by atoms with Crippen molar-refractivity contribution in [1.82, 2.24) is 4.98 Å². The van der Waals surface area contributed by atoms with Crippen LogP contribution in [0.5, 0.6) is 0 Å². The second-order valence-electron chi connectivity index (χ2n) is 7.68. The minimum Gasteiger partial charge on any atom is -0.440 e. The van der Waals surface area contributed by atoms with Crippen molar-refractivity contribution < 1.29 is 18.7 Å². The molecule has 2 aromatic rings. The van der Waals surface area contributed by atoms with Gasteiger partial charge in [-0.15, -0.1) is 0 Å². The van der Waals surface area contributed by atoms with E-state index in [1.807, 2.05) is 37.3 Å². The number of oxazole rings is 1. The van der Waals surface area contributed by atoms with Gasteiger partial charge in [-0.2, -0.15) is 0 Å². The zero-order valence-corrected chi connectivity index (χ0v) is 17.1.